The van der Waals surface area contributed by atoms with E-state index in [1.165, 1.54) is 6.20 Å². The summed E-state index contributed by atoms with van der Waals surface area (Å²) in [5, 5.41) is 16.5. The monoisotopic (exact) mass is 328 g/mol. The van der Waals surface area contributed by atoms with Crippen LogP contribution in [0.1, 0.15) is 49.0 Å². The number of rotatable bonds is 4. The summed E-state index contributed by atoms with van der Waals surface area (Å²) in [5.74, 6) is -1.44. The lowest BCUT2D eigenvalue weighted by Crippen LogP contribution is -2.54. The molecule has 1 aliphatic rings. The Kier molecular flexibility index (Phi) is 4.59. The predicted octanol–water partition coefficient (Wildman–Crippen LogP) is 2.17. The van der Waals surface area contributed by atoms with Crippen LogP contribution >= 0.6 is 0 Å². The van der Waals surface area contributed by atoms with Crippen molar-refractivity contribution in [3.63, 3.8) is 0 Å². The van der Waals surface area contributed by atoms with Crippen molar-refractivity contribution in [3.05, 3.63) is 42.5 Å². The Bertz CT molecular complexity index is 719. The summed E-state index contributed by atoms with van der Waals surface area (Å²) in [5.41, 5.74) is -0.310. The Morgan fingerprint density at radius 1 is 1.17 bits per heavy atom. The standard InChI is InChI=1S/C17H20N4O3/c22-15(20-17(16(23)24)7-3-1-2-4-8-17)14-12-13(6-10-18-14)21-11-5-9-19-21/h5-6,9-12H,1-4,7-8H2,(H,20,22)(H,23,24). The minimum atomic E-state index is -1.20. The Labute approximate surface area is 139 Å². The highest BCUT2D eigenvalue weighted by atomic mass is 16.4. The van der Waals surface area contributed by atoms with Crippen LogP contribution in [0.3, 0.4) is 0 Å². The molecule has 0 spiro atoms. The van der Waals surface area contributed by atoms with E-state index in [4.69, 9.17) is 0 Å². The third kappa shape index (κ3) is 3.29. The van der Waals surface area contributed by atoms with E-state index in [-0.39, 0.29) is 5.69 Å². The van der Waals surface area contributed by atoms with Gasteiger partial charge in [-0.1, -0.05) is 25.7 Å². The van der Waals surface area contributed by atoms with Crippen molar-refractivity contribution >= 4 is 11.9 Å². The molecule has 0 aromatic carbocycles. The number of amides is 1. The molecule has 1 saturated carbocycles. The maximum absolute atomic E-state index is 12.6. The summed E-state index contributed by atoms with van der Waals surface area (Å²) in [4.78, 5) is 28.5. The lowest BCUT2D eigenvalue weighted by Gasteiger charge is -2.29. The second-order valence-electron chi connectivity index (χ2n) is 6.11. The fraction of sp³-hybridized carbons (Fsp3) is 0.412. The third-order valence-electron chi connectivity index (χ3n) is 4.46. The molecule has 0 aliphatic heterocycles. The van der Waals surface area contributed by atoms with Gasteiger partial charge in [-0.05, 0) is 31.0 Å². The van der Waals surface area contributed by atoms with Crippen LogP contribution in [0.4, 0.5) is 0 Å². The molecule has 126 valence electrons. The van der Waals surface area contributed by atoms with Crippen LogP contribution in [0, 0.1) is 0 Å². The number of pyridine rings is 1. The fourth-order valence-electron chi connectivity index (χ4n) is 3.11. The van der Waals surface area contributed by atoms with Crippen LogP contribution in [0.2, 0.25) is 0 Å². The number of hydrogen-bond donors (Lipinski definition) is 2. The molecule has 0 bridgehead atoms. The molecule has 24 heavy (non-hydrogen) atoms. The van der Waals surface area contributed by atoms with Gasteiger partial charge in [0.25, 0.3) is 5.91 Å². The van der Waals surface area contributed by atoms with Crippen LogP contribution in [0.15, 0.2) is 36.8 Å². The fourth-order valence-corrected chi connectivity index (χ4v) is 3.11. The Hall–Kier alpha value is -2.70. The molecule has 7 heteroatoms. The predicted molar refractivity (Wildman–Crippen MR) is 86.9 cm³/mol. The van der Waals surface area contributed by atoms with Crippen LogP contribution in [0.25, 0.3) is 5.69 Å². The second-order valence-corrected chi connectivity index (χ2v) is 6.11. The van der Waals surface area contributed by atoms with E-state index in [0.717, 1.165) is 25.7 Å². The minimum absolute atomic E-state index is 0.188. The van der Waals surface area contributed by atoms with Crippen molar-refractivity contribution in [3.8, 4) is 5.69 Å². The molecule has 0 saturated heterocycles. The van der Waals surface area contributed by atoms with E-state index in [0.29, 0.717) is 18.5 Å². The Balaban J connectivity index is 1.83. The zero-order valence-corrected chi connectivity index (χ0v) is 13.3. The topological polar surface area (TPSA) is 97.1 Å². The molecule has 1 amide bonds. The summed E-state index contributed by atoms with van der Waals surface area (Å²) in [6.07, 6.45) is 9.43. The number of aromatic nitrogens is 3. The number of nitrogens with zero attached hydrogens (tertiary/aromatic N) is 3. The van der Waals surface area contributed by atoms with Gasteiger partial charge in [0.1, 0.15) is 11.2 Å². The molecule has 0 unspecified atom stereocenters. The Morgan fingerprint density at radius 3 is 2.54 bits per heavy atom. The van der Waals surface area contributed by atoms with Crippen LogP contribution in [-0.4, -0.2) is 37.3 Å². The summed E-state index contributed by atoms with van der Waals surface area (Å²) < 4.78 is 1.62. The van der Waals surface area contributed by atoms with Crippen molar-refractivity contribution < 1.29 is 14.7 Å². The van der Waals surface area contributed by atoms with Crippen molar-refractivity contribution in [2.75, 3.05) is 0 Å². The van der Waals surface area contributed by atoms with Gasteiger partial charge in [0.05, 0.1) is 5.69 Å². The Morgan fingerprint density at radius 2 is 1.92 bits per heavy atom. The van der Waals surface area contributed by atoms with Gasteiger partial charge in [0.2, 0.25) is 0 Å². The summed E-state index contributed by atoms with van der Waals surface area (Å²) in [7, 11) is 0. The minimum Gasteiger partial charge on any atom is -0.480 e. The van der Waals surface area contributed by atoms with Crippen LogP contribution < -0.4 is 5.32 Å². The molecular weight excluding hydrogens is 308 g/mol. The van der Waals surface area contributed by atoms with Gasteiger partial charge in [0, 0.05) is 18.6 Å². The van der Waals surface area contributed by atoms with E-state index in [2.05, 4.69) is 15.4 Å². The third-order valence-corrected chi connectivity index (χ3v) is 4.46. The van der Waals surface area contributed by atoms with Crippen LogP contribution in [-0.2, 0) is 4.79 Å². The van der Waals surface area contributed by atoms with Crippen molar-refractivity contribution in [2.45, 2.75) is 44.1 Å². The number of carbonyl (C=O) groups is 2. The molecule has 0 radical (unpaired) electrons. The van der Waals surface area contributed by atoms with E-state index in [9.17, 15) is 14.7 Å². The molecule has 2 aromatic heterocycles. The first-order valence-corrected chi connectivity index (χ1v) is 8.13. The lowest BCUT2D eigenvalue weighted by atomic mass is 9.90. The van der Waals surface area contributed by atoms with Crippen LogP contribution in [0.5, 0.6) is 0 Å². The van der Waals surface area contributed by atoms with Gasteiger partial charge >= 0.3 is 5.97 Å². The normalized spacial score (nSPS) is 17.0. The smallest absolute Gasteiger partial charge is 0.329 e. The van der Waals surface area contributed by atoms with E-state index in [1.807, 2.05) is 0 Å². The molecule has 3 rings (SSSR count). The number of carbonyl (C=O) groups excluding carboxylic acids is 1. The average molecular weight is 328 g/mol. The lowest BCUT2D eigenvalue weighted by molar-refractivity contribution is -0.145. The van der Waals surface area contributed by atoms with Gasteiger partial charge in [0.15, 0.2) is 0 Å². The number of hydrogen-bond acceptors (Lipinski definition) is 4. The second kappa shape index (κ2) is 6.82. The first kappa shape index (κ1) is 16.2. The van der Waals surface area contributed by atoms with Gasteiger partial charge in [-0.25, -0.2) is 9.48 Å². The van der Waals surface area contributed by atoms with Gasteiger partial charge in [-0.2, -0.15) is 5.10 Å². The maximum Gasteiger partial charge on any atom is 0.329 e. The van der Waals surface area contributed by atoms with Crippen molar-refractivity contribution in [1.82, 2.24) is 20.1 Å². The average Bonchev–Trinajstić information content (AvgIpc) is 3.02. The summed E-state index contributed by atoms with van der Waals surface area (Å²) in [6.45, 7) is 0. The molecule has 1 fully saturated rings. The van der Waals surface area contributed by atoms with E-state index < -0.39 is 17.4 Å². The largest absolute Gasteiger partial charge is 0.480 e. The highest BCUT2D eigenvalue weighted by Gasteiger charge is 2.40. The molecule has 0 atom stereocenters. The summed E-state index contributed by atoms with van der Waals surface area (Å²) in [6, 6.07) is 5.13. The number of carboxylic acid groups (broad SMARTS) is 1. The van der Waals surface area contributed by atoms with Crippen molar-refractivity contribution in [2.24, 2.45) is 0 Å². The molecule has 1 aliphatic carbocycles. The number of aliphatic carboxylic acids is 1. The molecule has 2 N–H and O–H groups in total. The van der Waals surface area contributed by atoms with Gasteiger partial charge in [-0.15, -0.1) is 0 Å². The molecular formula is C17H20N4O3. The zero-order valence-electron chi connectivity index (χ0n) is 13.3. The number of carboxylic acids is 1. The first-order chi connectivity index (χ1) is 11.6. The van der Waals surface area contributed by atoms with Gasteiger partial charge in [-0.3, -0.25) is 9.78 Å². The maximum atomic E-state index is 12.6. The number of nitrogens with one attached hydrogen (secondary N) is 1. The SMILES string of the molecule is O=C(NC1(C(=O)O)CCCCCC1)c1cc(-n2cccn2)ccn1. The first-order valence-electron chi connectivity index (χ1n) is 8.13. The molecule has 2 heterocycles. The molecule has 7 nitrogen and oxygen atoms in total. The van der Waals surface area contributed by atoms with E-state index in [1.54, 1.807) is 35.3 Å². The van der Waals surface area contributed by atoms with Gasteiger partial charge < -0.3 is 10.4 Å². The quantitative estimate of drug-likeness (QED) is 0.838. The highest BCUT2D eigenvalue weighted by molar-refractivity contribution is 5.96. The van der Waals surface area contributed by atoms with Crippen molar-refractivity contribution in [1.29, 1.82) is 0 Å². The summed E-state index contributed by atoms with van der Waals surface area (Å²) >= 11 is 0. The highest BCUT2D eigenvalue weighted by Crippen LogP contribution is 2.28. The zero-order chi connectivity index (χ0) is 17.0. The van der Waals surface area contributed by atoms with E-state index >= 15 is 0 Å². The molecule has 2 aromatic rings.